The molecule has 2 N–H and O–H groups in total. The zero-order valence-electron chi connectivity index (χ0n) is 11.9. The first-order valence-electron chi connectivity index (χ1n) is 6.54. The average molecular weight is 265 g/mol. The highest BCUT2D eigenvalue weighted by Crippen LogP contribution is 2.29. The van der Waals surface area contributed by atoms with E-state index in [0.717, 1.165) is 11.1 Å². The van der Waals surface area contributed by atoms with Crippen LogP contribution in [-0.4, -0.2) is 32.8 Å². The number of methoxy groups -OCH3 is 1. The van der Waals surface area contributed by atoms with Gasteiger partial charge in [-0.15, -0.1) is 0 Å². The van der Waals surface area contributed by atoms with E-state index in [2.05, 4.69) is 0 Å². The van der Waals surface area contributed by atoms with Crippen LogP contribution in [0, 0.1) is 6.92 Å². The van der Waals surface area contributed by atoms with E-state index in [9.17, 15) is 4.79 Å². The van der Waals surface area contributed by atoms with Gasteiger partial charge in [0.25, 0.3) is 0 Å². The minimum absolute atomic E-state index is 0.204. The van der Waals surface area contributed by atoms with Gasteiger partial charge in [0.2, 0.25) is 0 Å². The second-order valence-corrected chi connectivity index (χ2v) is 4.59. The smallest absolute Gasteiger partial charge is 0.317 e. The van der Waals surface area contributed by atoms with E-state index in [1.807, 2.05) is 38.1 Å². The van der Waals surface area contributed by atoms with Crippen LogP contribution in [0.5, 0.6) is 0 Å². The third-order valence-electron chi connectivity index (χ3n) is 3.41. The zero-order valence-corrected chi connectivity index (χ0v) is 11.9. The van der Waals surface area contributed by atoms with E-state index in [4.69, 9.17) is 15.2 Å². The largest absolute Gasteiger partial charge is 0.468 e. The van der Waals surface area contributed by atoms with Crippen LogP contribution in [0.3, 0.4) is 0 Å². The number of hydrogen-bond donors (Lipinski definition) is 1. The second-order valence-electron chi connectivity index (χ2n) is 4.59. The Balaban J connectivity index is 3.08. The highest BCUT2D eigenvalue weighted by Gasteiger charge is 2.39. The van der Waals surface area contributed by atoms with Gasteiger partial charge in [-0.3, -0.25) is 4.79 Å². The van der Waals surface area contributed by atoms with Crippen molar-refractivity contribution >= 4 is 5.97 Å². The number of hydrogen-bond acceptors (Lipinski definition) is 4. The molecule has 1 aromatic carbocycles. The molecule has 0 saturated heterocycles. The van der Waals surface area contributed by atoms with Gasteiger partial charge in [-0.05, 0) is 25.8 Å². The Kier molecular flexibility index (Phi) is 5.99. The summed E-state index contributed by atoms with van der Waals surface area (Å²) in [4.78, 5) is 12.2. The standard InChI is InChI=1S/C15H23NO3/c1-4-19-10-9-15(11-16,14(17)18-3)13-7-5-12(2)6-8-13/h5-8H,4,9-11,16H2,1-3H3. The van der Waals surface area contributed by atoms with Crippen molar-refractivity contribution in [2.24, 2.45) is 5.73 Å². The molecule has 1 aromatic rings. The molecular formula is C15H23NO3. The summed E-state index contributed by atoms with van der Waals surface area (Å²) in [5, 5.41) is 0. The fraction of sp³-hybridized carbons (Fsp3) is 0.533. The number of benzene rings is 1. The van der Waals surface area contributed by atoms with Crippen LogP contribution < -0.4 is 5.73 Å². The summed E-state index contributed by atoms with van der Waals surface area (Å²) in [7, 11) is 1.39. The molecule has 0 aliphatic rings. The summed E-state index contributed by atoms with van der Waals surface area (Å²) in [6.07, 6.45) is 0.521. The van der Waals surface area contributed by atoms with Crippen molar-refractivity contribution in [3.05, 3.63) is 35.4 Å². The lowest BCUT2D eigenvalue weighted by molar-refractivity contribution is -0.148. The van der Waals surface area contributed by atoms with Crippen molar-refractivity contribution in [2.45, 2.75) is 25.7 Å². The van der Waals surface area contributed by atoms with Gasteiger partial charge in [0.1, 0.15) is 5.41 Å². The molecule has 0 heterocycles. The normalized spacial score (nSPS) is 13.9. The summed E-state index contributed by atoms with van der Waals surface area (Å²) in [5.41, 5.74) is 7.08. The highest BCUT2D eigenvalue weighted by atomic mass is 16.5. The lowest BCUT2D eigenvalue weighted by Crippen LogP contribution is -2.44. The molecule has 4 heteroatoms. The summed E-state index contributed by atoms with van der Waals surface area (Å²) in [5.74, 6) is -0.307. The predicted octanol–water partition coefficient (Wildman–Crippen LogP) is 1.79. The third-order valence-corrected chi connectivity index (χ3v) is 3.41. The zero-order chi connectivity index (χ0) is 14.3. The van der Waals surface area contributed by atoms with E-state index in [-0.39, 0.29) is 12.5 Å². The molecule has 0 aliphatic heterocycles. The lowest BCUT2D eigenvalue weighted by atomic mass is 9.77. The summed E-state index contributed by atoms with van der Waals surface area (Å²) in [6.45, 7) is 5.24. The Hall–Kier alpha value is -1.39. The van der Waals surface area contributed by atoms with Crippen LogP contribution in [0.2, 0.25) is 0 Å². The van der Waals surface area contributed by atoms with Gasteiger partial charge >= 0.3 is 5.97 Å². The number of rotatable bonds is 7. The molecule has 1 rings (SSSR count). The predicted molar refractivity (Wildman–Crippen MR) is 75.0 cm³/mol. The summed E-state index contributed by atoms with van der Waals surface area (Å²) >= 11 is 0. The van der Waals surface area contributed by atoms with E-state index in [0.29, 0.717) is 19.6 Å². The van der Waals surface area contributed by atoms with Crippen molar-refractivity contribution in [3.8, 4) is 0 Å². The van der Waals surface area contributed by atoms with Crippen LogP contribution in [0.15, 0.2) is 24.3 Å². The Morgan fingerprint density at radius 2 is 1.95 bits per heavy atom. The molecule has 0 amide bonds. The van der Waals surface area contributed by atoms with Crippen molar-refractivity contribution in [2.75, 3.05) is 26.9 Å². The molecular weight excluding hydrogens is 242 g/mol. The SMILES string of the molecule is CCOCCC(CN)(C(=O)OC)c1ccc(C)cc1. The van der Waals surface area contributed by atoms with Crippen LogP contribution in [0.4, 0.5) is 0 Å². The number of ether oxygens (including phenoxy) is 2. The lowest BCUT2D eigenvalue weighted by Gasteiger charge is -2.30. The molecule has 1 unspecified atom stereocenters. The fourth-order valence-electron chi connectivity index (χ4n) is 2.13. The molecule has 1 atom stereocenters. The van der Waals surface area contributed by atoms with Crippen molar-refractivity contribution in [1.29, 1.82) is 0 Å². The monoisotopic (exact) mass is 265 g/mol. The first kappa shape index (κ1) is 15.7. The van der Waals surface area contributed by atoms with Gasteiger partial charge in [0, 0.05) is 19.8 Å². The van der Waals surface area contributed by atoms with Gasteiger partial charge in [0.15, 0.2) is 0 Å². The van der Waals surface area contributed by atoms with Gasteiger partial charge in [-0.25, -0.2) is 0 Å². The maximum atomic E-state index is 12.2. The van der Waals surface area contributed by atoms with Gasteiger partial charge in [-0.1, -0.05) is 29.8 Å². The van der Waals surface area contributed by atoms with E-state index < -0.39 is 5.41 Å². The first-order chi connectivity index (χ1) is 9.10. The molecule has 0 fully saturated rings. The molecule has 0 spiro atoms. The number of nitrogens with two attached hydrogens (primary N) is 1. The minimum atomic E-state index is -0.822. The van der Waals surface area contributed by atoms with Gasteiger partial charge in [0.05, 0.1) is 7.11 Å². The third kappa shape index (κ3) is 3.55. The molecule has 4 nitrogen and oxygen atoms in total. The molecule has 0 aromatic heterocycles. The molecule has 19 heavy (non-hydrogen) atoms. The molecule has 0 aliphatic carbocycles. The minimum Gasteiger partial charge on any atom is -0.468 e. The van der Waals surface area contributed by atoms with E-state index >= 15 is 0 Å². The van der Waals surface area contributed by atoms with E-state index in [1.54, 1.807) is 0 Å². The maximum Gasteiger partial charge on any atom is 0.317 e. The number of carbonyl (C=O) groups is 1. The molecule has 106 valence electrons. The van der Waals surface area contributed by atoms with Crippen molar-refractivity contribution in [3.63, 3.8) is 0 Å². The van der Waals surface area contributed by atoms with Gasteiger partial charge in [-0.2, -0.15) is 0 Å². The highest BCUT2D eigenvalue weighted by molar-refractivity contribution is 5.83. The second kappa shape index (κ2) is 7.26. The fourth-order valence-corrected chi connectivity index (χ4v) is 2.13. The van der Waals surface area contributed by atoms with Gasteiger partial charge < -0.3 is 15.2 Å². The maximum absolute atomic E-state index is 12.2. The molecule has 0 saturated carbocycles. The Bertz CT molecular complexity index is 402. The quantitative estimate of drug-likeness (QED) is 0.603. The number of esters is 1. The summed E-state index contributed by atoms with van der Waals surface area (Å²) in [6, 6.07) is 7.82. The number of carbonyl (C=O) groups excluding carboxylic acids is 1. The number of aryl methyl sites for hydroxylation is 1. The van der Waals surface area contributed by atoms with Crippen LogP contribution >= 0.6 is 0 Å². The molecule has 0 bridgehead atoms. The van der Waals surface area contributed by atoms with Crippen LogP contribution in [-0.2, 0) is 19.7 Å². The average Bonchev–Trinajstić information content (AvgIpc) is 2.44. The Labute approximate surface area is 114 Å². The van der Waals surface area contributed by atoms with E-state index in [1.165, 1.54) is 7.11 Å². The van der Waals surface area contributed by atoms with Crippen molar-refractivity contribution in [1.82, 2.24) is 0 Å². The topological polar surface area (TPSA) is 61.5 Å². The Morgan fingerprint density at radius 1 is 1.32 bits per heavy atom. The van der Waals surface area contributed by atoms with Crippen LogP contribution in [0.1, 0.15) is 24.5 Å². The van der Waals surface area contributed by atoms with Crippen LogP contribution in [0.25, 0.3) is 0 Å². The Morgan fingerprint density at radius 3 is 2.42 bits per heavy atom. The first-order valence-corrected chi connectivity index (χ1v) is 6.54. The van der Waals surface area contributed by atoms with Crippen molar-refractivity contribution < 1.29 is 14.3 Å². The molecule has 0 radical (unpaired) electrons. The summed E-state index contributed by atoms with van der Waals surface area (Å²) < 4.78 is 10.3.